The molecule has 2 aliphatic heterocycles. The minimum absolute atomic E-state index is 0.00506. The fraction of sp³-hybridized carbons (Fsp3) is 0.361. The minimum atomic E-state index is -4.63. The van der Waals surface area contributed by atoms with E-state index in [1.807, 2.05) is 0 Å². The SMILES string of the molecule is CC1(CCCCS(=O)(=O)O)/C(=C\C=C\C2Oc3cc(F)ccc3[NH+]2Cc2ccc(CC(=O)O)cc2)N(CCCCS(=O)(=O)[O-])c2c(F)c(F)c(F)c(F)c21. The molecule has 54 heavy (non-hydrogen) atoms. The summed E-state index contributed by atoms with van der Waals surface area (Å²) < 4.78 is 147. The smallest absolute Gasteiger partial charge is 0.307 e. The molecule has 3 atom stereocenters. The lowest BCUT2D eigenvalue weighted by atomic mass is 9.76. The molecule has 11 nitrogen and oxygen atoms in total. The van der Waals surface area contributed by atoms with Gasteiger partial charge in [-0.15, -0.1) is 0 Å². The number of benzene rings is 3. The number of nitrogens with one attached hydrogen (secondary N) is 1. The van der Waals surface area contributed by atoms with Crippen LogP contribution in [0.1, 0.15) is 55.7 Å². The Morgan fingerprint density at radius 1 is 0.926 bits per heavy atom. The number of hydrogen-bond donors (Lipinski definition) is 3. The molecular formula is C36H37F5N2O9S2. The second-order valence-corrected chi connectivity index (χ2v) is 16.5. The standard InChI is InChI=1S/C36H37F5N2O9S2/c1-36(15-2-4-17-53(46,47)48)27(42(16-3-5-18-54(49,50)51)35-30(36)31(38)32(39)33(40)34(35)41)7-6-8-28-43(25-14-13-24(37)20-26(25)52-28)21-23-11-9-22(10-12-23)19-29(44)45/h6-14,20,28H,2-5,15-19,21H2,1H3,(H,44,45)(H,46,47,48)(H,49,50,51)/b8-6+,27-7+. The van der Waals surface area contributed by atoms with Crippen LogP contribution in [0.25, 0.3) is 0 Å². The van der Waals surface area contributed by atoms with Crippen LogP contribution in [0.2, 0.25) is 0 Å². The van der Waals surface area contributed by atoms with Crippen LogP contribution < -0.4 is 14.5 Å². The topological polar surface area (TPSA) is 166 Å². The third-order valence-corrected chi connectivity index (χ3v) is 11.1. The molecular weight excluding hydrogens is 764 g/mol. The number of allylic oxidation sites excluding steroid dienone is 3. The highest BCUT2D eigenvalue weighted by molar-refractivity contribution is 7.85. The molecule has 292 valence electrons. The largest absolute Gasteiger partial charge is 0.748 e. The summed E-state index contributed by atoms with van der Waals surface area (Å²) in [4.78, 5) is 13.0. The van der Waals surface area contributed by atoms with Crippen molar-refractivity contribution in [1.29, 1.82) is 0 Å². The van der Waals surface area contributed by atoms with Crippen LogP contribution in [-0.4, -0.2) is 61.3 Å². The number of carboxylic acids is 1. The summed E-state index contributed by atoms with van der Waals surface area (Å²) >= 11 is 0. The van der Waals surface area contributed by atoms with Gasteiger partial charge in [0.25, 0.3) is 16.3 Å². The van der Waals surface area contributed by atoms with Crippen molar-refractivity contribution in [2.75, 3.05) is 23.0 Å². The molecule has 0 radical (unpaired) electrons. The van der Waals surface area contributed by atoms with Gasteiger partial charge in [0, 0.05) is 52.7 Å². The molecule has 2 heterocycles. The number of anilines is 1. The molecule has 0 aromatic heterocycles. The number of hydrogen-bond acceptors (Lipinski definition) is 8. The number of halogens is 5. The first-order chi connectivity index (χ1) is 25.3. The van der Waals surface area contributed by atoms with E-state index >= 15 is 8.78 Å². The third kappa shape index (κ3) is 9.29. The van der Waals surface area contributed by atoms with Crippen molar-refractivity contribution >= 4 is 37.6 Å². The second-order valence-electron chi connectivity index (χ2n) is 13.4. The van der Waals surface area contributed by atoms with E-state index in [0.717, 1.165) is 5.56 Å². The molecule has 0 amide bonds. The van der Waals surface area contributed by atoms with E-state index < -0.39 is 89.7 Å². The first kappa shape index (κ1) is 40.8. The second kappa shape index (κ2) is 16.2. The highest BCUT2D eigenvalue weighted by atomic mass is 32.2. The Kier molecular flexibility index (Phi) is 12.2. The average Bonchev–Trinajstić information content (AvgIpc) is 3.53. The summed E-state index contributed by atoms with van der Waals surface area (Å²) in [6.45, 7) is 1.46. The Hall–Kier alpha value is -4.36. The van der Waals surface area contributed by atoms with Gasteiger partial charge < -0.3 is 19.3 Å². The molecule has 3 N–H and O–H groups in total. The van der Waals surface area contributed by atoms with E-state index in [1.165, 1.54) is 36.1 Å². The number of nitrogens with zero attached hydrogens (tertiary/aromatic N) is 1. The van der Waals surface area contributed by atoms with Gasteiger partial charge in [0.1, 0.15) is 12.4 Å². The summed E-state index contributed by atoms with van der Waals surface area (Å²) in [5, 5.41) is 9.11. The van der Waals surface area contributed by atoms with Gasteiger partial charge >= 0.3 is 5.97 Å². The van der Waals surface area contributed by atoms with Crippen LogP contribution in [0.3, 0.4) is 0 Å². The van der Waals surface area contributed by atoms with Crippen molar-refractivity contribution < 1.29 is 67.4 Å². The molecule has 18 heteroatoms. The van der Waals surface area contributed by atoms with Crippen molar-refractivity contribution in [3.63, 3.8) is 0 Å². The molecule has 0 bridgehead atoms. The van der Waals surface area contributed by atoms with Gasteiger partial charge in [0.2, 0.25) is 0 Å². The normalized spacial score (nSPS) is 20.4. The lowest BCUT2D eigenvalue weighted by Gasteiger charge is -2.30. The molecule has 0 saturated carbocycles. The van der Waals surface area contributed by atoms with E-state index in [4.69, 9.17) is 9.84 Å². The molecule has 5 rings (SSSR count). The molecule has 0 saturated heterocycles. The van der Waals surface area contributed by atoms with Gasteiger partial charge in [-0.3, -0.25) is 14.2 Å². The number of aliphatic carboxylic acids is 1. The van der Waals surface area contributed by atoms with Crippen molar-refractivity contribution in [1.82, 2.24) is 0 Å². The Bertz CT molecular complexity index is 2200. The van der Waals surface area contributed by atoms with Crippen LogP contribution in [0.5, 0.6) is 5.75 Å². The summed E-state index contributed by atoms with van der Waals surface area (Å²) in [5.74, 6) is -10.3. The molecule has 3 unspecified atom stereocenters. The van der Waals surface area contributed by atoms with E-state index in [9.17, 15) is 43.9 Å². The van der Waals surface area contributed by atoms with Crippen molar-refractivity contribution in [3.8, 4) is 5.75 Å². The number of fused-ring (bicyclic) bond motifs is 2. The molecule has 0 spiro atoms. The summed E-state index contributed by atoms with van der Waals surface area (Å²) in [6.07, 6.45) is 2.94. The highest BCUT2D eigenvalue weighted by Gasteiger charge is 2.49. The van der Waals surface area contributed by atoms with Crippen LogP contribution >= 0.6 is 0 Å². The monoisotopic (exact) mass is 800 g/mol. The van der Waals surface area contributed by atoms with Crippen LogP contribution in [0.15, 0.2) is 66.4 Å². The number of carboxylic acid groups (broad SMARTS) is 1. The van der Waals surface area contributed by atoms with Crippen LogP contribution in [0, 0.1) is 29.1 Å². The number of unbranched alkanes of at least 4 members (excludes halogenated alkanes) is 2. The van der Waals surface area contributed by atoms with E-state index in [2.05, 4.69) is 0 Å². The number of rotatable bonds is 16. The predicted octanol–water partition coefficient (Wildman–Crippen LogP) is 5.05. The van der Waals surface area contributed by atoms with E-state index in [0.29, 0.717) is 16.2 Å². The van der Waals surface area contributed by atoms with Gasteiger partial charge in [-0.2, -0.15) is 8.42 Å². The minimum Gasteiger partial charge on any atom is -0.748 e. The van der Waals surface area contributed by atoms with Gasteiger partial charge in [-0.05, 0) is 50.3 Å². The van der Waals surface area contributed by atoms with Crippen molar-refractivity contribution in [3.05, 3.63) is 112 Å². The molecule has 3 aromatic rings. The Morgan fingerprint density at radius 3 is 2.22 bits per heavy atom. The quantitative estimate of drug-likeness (QED) is 0.0588. The summed E-state index contributed by atoms with van der Waals surface area (Å²) in [7, 11) is -9.01. The molecule has 2 aliphatic rings. The molecule has 3 aromatic carbocycles. The lowest BCUT2D eigenvalue weighted by Crippen LogP contribution is -3.08. The summed E-state index contributed by atoms with van der Waals surface area (Å²) in [6, 6.07) is 10.8. The highest BCUT2D eigenvalue weighted by Crippen LogP contribution is 2.54. The first-order valence-corrected chi connectivity index (χ1v) is 20.0. The predicted molar refractivity (Wildman–Crippen MR) is 185 cm³/mol. The van der Waals surface area contributed by atoms with E-state index in [-0.39, 0.29) is 63.1 Å². The average molecular weight is 801 g/mol. The third-order valence-electron chi connectivity index (χ3n) is 9.48. The van der Waals surface area contributed by atoms with Gasteiger partial charge in [-0.1, -0.05) is 36.8 Å². The van der Waals surface area contributed by atoms with Crippen LogP contribution in [0.4, 0.5) is 33.3 Å². The lowest BCUT2D eigenvalue weighted by molar-refractivity contribution is -0.876. The van der Waals surface area contributed by atoms with Gasteiger partial charge in [0.05, 0.1) is 28.0 Å². The number of carbonyl (C=O) groups is 1. The zero-order valence-corrected chi connectivity index (χ0v) is 30.5. The van der Waals surface area contributed by atoms with Crippen LogP contribution in [-0.2, 0) is 43.4 Å². The zero-order chi connectivity index (χ0) is 39.6. The number of quaternary nitrogens is 1. The fourth-order valence-corrected chi connectivity index (χ4v) is 8.11. The summed E-state index contributed by atoms with van der Waals surface area (Å²) in [5.41, 5.74) is -0.778. The maximum atomic E-state index is 15.7. The molecule has 0 fully saturated rings. The molecule has 0 aliphatic carbocycles. The maximum Gasteiger partial charge on any atom is 0.307 e. The Balaban J connectivity index is 1.54. The maximum absolute atomic E-state index is 15.7. The zero-order valence-electron chi connectivity index (χ0n) is 28.8. The van der Waals surface area contributed by atoms with Crippen molar-refractivity contribution in [2.24, 2.45) is 0 Å². The van der Waals surface area contributed by atoms with E-state index in [1.54, 1.807) is 36.4 Å². The van der Waals surface area contributed by atoms with Crippen molar-refractivity contribution in [2.45, 2.75) is 63.6 Å². The van der Waals surface area contributed by atoms with Gasteiger partial charge in [0.15, 0.2) is 34.7 Å². The number of ether oxygens (including phenoxy) is 1. The Morgan fingerprint density at radius 2 is 1.57 bits per heavy atom. The Labute approximate surface area is 308 Å². The fourth-order valence-electron chi connectivity index (χ4n) is 6.98. The first-order valence-electron chi connectivity index (χ1n) is 16.8. The van der Waals surface area contributed by atoms with Gasteiger partial charge in [-0.25, -0.2) is 30.4 Å².